The van der Waals surface area contributed by atoms with E-state index in [9.17, 15) is 19.2 Å². The molecule has 9 nitrogen and oxygen atoms in total. The lowest BCUT2D eigenvalue weighted by Gasteiger charge is -2.19. The third-order valence-electron chi connectivity index (χ3n) is 7.24. The topological polar surface area (TPSA) is 111 Å². The molecule has 1 saturated heterocycles. The molecule has 1 N–H and O–H groups in total. The molecule has 2 aliphatic carbocycles. The maximum atomic E-state index is 13.2. The number of rotatable bonds is 7. The molecule has 186 valence electrons. The number of hydrogen-bond donors (Lipinski definition) is 1. The van der Waals surface area contributed by atoms with Gasteiger partial charge in [0.1, 0.15) is 11.5 Å². The third kappa shape index (κ3) is 3.90. The van der Waals surface area contributed by atoms with E-state index < -0.39 is 18.5 Å². The summed E-state index contributed by atoms with van der Waals surface area (Å²) in [6.07, 6.45) is 2.96. The highest BCUT2D eigenvalue weighted by atomic mass is 16.5. The summed E-state index contributed by atoms with van der Waals surface area (Å²) >= 11 is 0. The third-order valence-corrected chi connectivity index (χ3v) is 7.24. The highest BCUT2D eigenvalue weighted by Gasteiger charge is 2.60. The van der Waals surface area contributed by atoms with Crippen molar-refractivity contribution in [3.05, 3.63) is 59.7 Å². The first-order chi connectivity index (χ1) is 17.3. The number of methoxy groups -OCH3 is 2. The van der Waals surface area contributed by atoms with Gasteiger partial charge in [0.05, 0.1) is 43.0 Å². The van der Waals surface area contributed by atoms with Crippen molar-refractivity contribution in [1.82, 2.24) is 0 Å². The fourth-order valence-electron chi connectivity index (χ4n) is 5.61. The van der Waals surface area contributed by atoms with E-state index in [-0.39, 0.29) is 41.0 Å². The van der Waals surface area contributed by atoms with E-state index in [4.69, 9.17) is 14.2 Å². The zero-order valence-electron chi connectivity index (χ0n) is 20.1. The van der Waals surface area contributed by atoms with Gasteiger partial charge in [-0.05, 0) is 55.5 Å². The van der Waals surface area contributed by atoms with E-state index in [0.717, 1.165) is 6.42 Å². The Morgan fingerprint density at radius 1 is 1.03 bits per heavy atom. The standard InChI is InChI=1S/C27H26N2O7/c1-14-9-16-11-19(14)24-23(16)25(31)29(26(24)32)17-6-4-5-15(10-17)27(33)36-13-22(30)28-20-12-18(34-2)7-8-21(20)35-3/h4-10,12,16,19,23-24H,11,13H2,1-3H3,(H,28,30)/t16-,19+,23+,24-/m0/s1. The van der Waals surface area contributed by atoms with Crippen molar-refractivity contribution in [3.8, 4) is 11.5 Å². The number of esters is 1. The Bertz CT molecular complexity index is 1300. The molecule has 4 atom stereocenters. The van der Waals surface area contributed by atoms with E-state index in [2.05, 4.69) is 11.4 Å². The lowest BCUT2D eigenvalue weighted by Crippen LogP contribution is -2.33. The molecule has 2 bridgehead atoms. The highest BCUT2D eigenvalue weighted by Crippen LogP contribution is 2.55. The van der Waals surface area contributed by atoms with Gasteiger partial charge in [0.2, 0.25) is 11.8 Å². The van der Waals surface area contributed by atoms with E-state index >= 15 is 0 Å². The first-order valence-corrected chi connectivity index (χ1v) is 11.7. The van der Waals surface area contributed by atoms with Crippen molar-refractivity contribution < 1.29 is 33.4 Å². The van der Waals surface area contributed by atoms with Crippen LogP contribution in [0.15, 0.2) is 54.1 Å². The number of allylic oxidation sites excluding steroid dienone is 2. The molecule has 1 heterocycles. The van der Waals surface area contributed by atoms with Gasteiger partial charge in [-0.3, -0.25) is 14.4 Å². The predicted octanol–water partition coefficient (Wildman–Crippen LogP) is 3.20. The molecule has 0 radical (unpaired) electrons. The van der Waals surface area contributed by atoms with Gasteiger partial charge in [-0.15, -0.1) is 0 Å². The van der Waals surface area contributed by atoms with Gasteiger partial charge in [0.25, 0.3) is 5.91 Å². The van der Waals surface area contributed by atoms with Crippen LogP contribution in [-0.2, 0) is 19.1 Å². The minimum absolute atomic E-state index is 0.0938. The second-order valence-electron chi connectivity index (χ2n) is 9.22. The average molecular weight is 491 g/mol. The van der Waals surface area contributed by atoms with E-state index in [1.807, 2.05) is 6.92 Å². The van der Waals surface area contributed by atoms with Crippen LogP contribution in [-0.4, -0.2) is 44.5 Å². The largest absolute Gasteiger partial charge is 0.497 e. The van der Waals surface area contributed by atoms with Crippen molar-refractivity contribution in [3.63, 3.8) is 0 Å². The molecule has 3 amide bonds. The normalized spacial score (nSPS) is 23.9. The Balaban J connectivity index is 1.25. The summed E-state index contributed by atoms with van der Waals surface area (Å²) in [6, 6.07) is 11.1. The minimum atomic E-state index is -0.749. The molecule has 2 aromatic carbocycles. The number of amides is 3. The number of nitrogens with one attached hydrogen (secondary N) is 1. The molecule has 36 heavy (non-hydrogen) atoms. The van der Waals surface area contributed by atoms with Crippen LogP contribution in [0.25, 0.3) is 0 Å². The molecular formula is C27H26N2O7. The molecule has 9 heteroatoms. The number of nitrogens with zero attached hydrogens (tertiary/aromatic N) is 1. The molecule has 2 aromatic rings. The second kappa shape index (κ2) is 9.14. The van der Waals surface area contributed by atoms with Crippen LogP contribution in [0.2, 0.25) is 0 Å². The maximum absolute atomic E-state index is 13.2. The lowest BCUT2D eigenvalue weighted by molar-refractivity contribution is -0.123. The lowest BCUT2D eigenvalue weighted by atomic mass is 9.82. The van der Waals surface area contributed by atoms with Crippen molar-refractivity contribution in [2.75, 3.05) is 31.0 Å². The van der Waals surface area contributed by atoms with E-state index in [0.29, 0.717) is 22.9 Å². The number of carbonyl (C=O) groups is 4. The van der Waals surface area contributed by atoms with Crippen LogP contribution in [0.1, 0.15) is 23.7 Å². The summed E-state index contributed by atoms with van der Waals surface area (Å²) in [5, 5.41) is 2.63. The van der Waals surface area contributed by atoms with Gasteiger partial charge in [0.15, 0.2) is 6.61 Å². The van der Waals surface area contributed by atoms with Crippen LogP contribution in [0.5, 0.6) is 11.5 Å². The molecule has 5 rings (SSSR count). The quantitative estimate of drug-likeness (QED) is 0.360. The zero-order valence-corrected chi connectivity index (χ0v) is 20.1. The van der Waals surface area contributed by atoms with Crippen molar-refractivity contribution in [2.24, 2.45) is 23.7 Å². The maximum Gasteiger partial charge on any atom is 0.338 e. The van der Waals surface area contributed by atoms with Crippen LogP contribution in [0.3, 0.4) is 0 Å². The van der Waals surface area contributed by atoms with Crippen molar-refractivity contribution in [1.29, 1.82) is 0 Å². The SMILES string of the molecule is COc1ccc(OC)c(NC(=O)COC(=O)c2cccc(N3C(=O)[C@@H]4[C@H](C3=O)[C@H]3C=C(C)[C@H]4C3)c2)c1. The number of hydrogen-bond acceptors (Lipinski definition) is 7. The second-order valence-corrected chi connectivity index (χ2v) is 9.22. The zero-order chi connectivity index (χ0) is 25.6. The summed E-state index contributed by atoms with van der Waals surface area (Å²) in [6.45, 7) is 1.47. The number of benzene rings is 2. The summed E-state index contributed by atoms with van der Waals surface area (Å²) in [7, 11) is 2.97. The molecule has 2 fully saturated rings. The molecule has 0 unspecified atom stereocenters. The first-order valence-electron chi connectivity index (χ1n) is 11.7. The molecule has 0 spiro atoms. The van der Waals surface area contributed by atoms with Gasteiger partial charge in [-0.25, -0.2) is 9.69 Å². The number of imide groups is 1. The number of fused-ring (bicyclic) bond motifs is 5. The van der Waals surface area contributed by atoms with Crippen LogP contribution in [0.4, 0.5) is 11.4 Å². The smallest absolute Gasteiger partial charge is 0.338 e. The summed E-state index contributed by atoms with van der Waals surface area (Å²) in [4.78, 5) is 52.6. The van der Waals surface area contributed by atoms with E-state index in [1.165, 1.54) is 36.8 Å². The summed E-state index contributed by atoms with van der Waals surface area (Å²) in [5.74, 6) is -1.28. The van der Waals surface area contributed by atoms with Gasteiger partial charge in [0, 0.05) is 6.07 Å². The number of anilines is 2. The Kier molecular flexibility index (Phi) is 5.99. The highest BCUT2D eigenvalue weighted by molar-refractivity contribution is 6.23. The van der Waals surface area contributed by atoms with Crippen LogP contribution in [0, 0.1) is 23.7 Å². The molecule has 1 aliphatic heterocycles. The molecular weight excluding hydrogens is 464 g/mol. The fourth-order valence-corrected chi connectivity index (χ4v) is 5.61. The fraction of sp³-hybridized carbons (Fsp3) is 0.333. The Morgan fingerprint density at radius 2 is 1.81 bits per heavy atom. The Labute approximate surface area is 208 Å². The van der Waals surface area contributed by atoms with Gasteiger partial charge in [-0.2, -0.15) is 0 Å². The van der Waals surface area contributed by atoms with Gasteiger partial charge >= 0.3 is 5.97 Å². The average Bonchev–Trinajstić information content (AvgIpc) is 3.52. The van der Waals surface area contributed by atoms with Gasteiger partial charge in [-0.1, -0.05) is 17.7 Å². The summed E-state index contributed by atoms with van der Waals surface area (Å²) in [5.41, 5.74) is 2.01. The van der Waals surface area contributed by atoms with Crippen LogP contribution < -0.4 is 19.7 Å². The number of ether oxygens (including phenoxy) is 3. The number of carbonyl (C=O) groups excluding carboxylic acids is 4. The molecule has 1 saturated carbocycles. The summed E-state index contributed by atoms with van der Waals surface area (Å²) < 4.78 is 15.6. The Hall–Kier alpha value is -4.14. The first kappa shape index (κ1) is 23.6. The van der Waals surface area contributed by atoms with Crippen LogP contribution >= 0.6 is 0 Å². The predicted molar refractivity (Wildman–Crippen MR) is 130 cm³/mol. The molecule has 0 aromatic heterocycles. The minimum Gasteiger partial charge on any atom is -0.497 e. The Morgan fingerprint density at radius 3 is 2.56 bits per heavy atom. The molecule has 3 aliphatic rings. The monoisotopic (exact) mass is 490 g/mol. The van der Waals surface area contributed by atoms with Crippen molar-refractivity contribution in [2.45, 2.75) is 13.3 Å². The van der Waals surface area contributed by atoms with E-state index in [1.54, 1.807) is 30.3 Å². The van der Waals surface area contributed by atoms with Gasteiger partial charge < -0.3 is 19.5 Å². The van der Waals surface area contributed by atoms with Crippen molar-refractivity contribution >= 4 is 35.1 Å².